The van der Waals surface area contributed by atoms with Crippen molar-refractivity contribution in [3.63, 3.8) is 0 Å². The number of hydrogen-bond donors (Lipinski definition) is 5. The first-order valence-corrected chi connectivity index (χ1v) is 12.0. The quantitative estimate of drug-likeness (QED) is 0.147. The molecule has 0 aliphatic carbocycles. The Hall–Kier alpha value is -4.93. The molecule has 0 radical (unpaired) electrons. The second-order valence-corrected chi connectivity index (χ2v) is 8.47. The van der Waals surface area contributed by atoms with Gasteiger partial charge in [0.25, 0.3) is 11.8 Å². The van der Waals surface area contributed by atoms with E-state index >= 15 is 0 Å². The van der Waals surface area contributed by atoms with Crippen LogP contribution < -0.4 is 15.5 Å². The minimum atomic E-state index is -0.713. The third-order valence-electron chi connectivity index (χ3n) is 5.72. The van der Waals surface area contributed by atoms with Gasteiger partial charge in [0.2, 0.25) is 0 Å². The summed E-state index contributed by atoms with van der Waals surface area (Å²) in [6.45, 7) is -0.417. The lowest BCUT2D eigenvalue weighted by atomic mass is 10.1. The van der Waals surface area contributed by atoms with Crippen LogP contribution in [0, 0.1) is 0 Å². The number of hydrogen-bond acceptors (Lipinski definition) is 8. The molecule has 0 unspecified atom stereocenters. The van der Waals surface area contributed by atoms with Crippen molar-refractivity contribution in [1.29, 1.82) is 0 Å². The molecule has 4 aromatic rings. The maximum Gasteiger partial charge on any atom is 0.297 e. The summed E-state index contributed by atoms with van der Waals surface area (Å²) < 4.78 is 5.93. The maximum atomic E-state index is 13.0. The number of ether oxygens (including phenoxy) is 1. The van der Waals surface area contributed by atoms with E-state index in [1.165, 1.54) is 24.4 Å². The molecular formula is C29H27N3O7. The van der Waals surface area contributed by atoms with Gasteiger partial charge < -0.3 is 25.4 Å². The van der Waals surface area contributed by atoms with Crippen LogP contribution in [0.2, 0.25) is 0 Å². The lowest BCUT2D eigenvalue weighted by Crippen LogP contribution is -2.28. The van der Waals surface area contributed by atoms with Crippen molar-refractivity contribution in [2.75, 3.05) is 0 Å². The fraction of sp³-hybridized carbons (Fsp3) is 0.138. The Balaban J connectivity index is 1.56. The molecule has 200 valence electrons. The standard InChI is InChI=1S/C29H27N3O7/c33-16-23-22(28(36)31-14-21-11-12-24(34)25(35)13-21)15-30-26(27(23)38-17-19-7-3-1-4-8-19)29(37)32-39-18-20-9-5-2-6-10-20/h1-13,15,33-35H,14,16-18H2,(H,31,36)(H,32,37). The summed E-state index contributed by atoms with van der Waals surface area (Å²) in [5.74, 6) is -1.96. The number of hydroxylamine groups is 1. The van der Waals surface area contributed by atoms with Gasteiger partial charge in [0, 0.05) is 18.3 Å². The van der Waals surface area contributed by atoms with Gasteiger partial charge in [0.05, 0.1) is 18.8 Å². The lowest BCUT2D eigenvalue weighted by Gasteiger charge is -2.17. The predicted octanol–water partition coefficient (Wildman–Crippen LogP) is 3.36. The summed E-state index contributed by atoms with van der Waals surface area (Å²) in [5, 5.41) is 32.1. The molecule has 39 heavy (non-hydrogen) atoms. The van der Waals surface area contributed by atoms with Crippen LogP contribution in [-0.4, -0.2) is 32.1 Å². The van der Waals surface area contributed by atoms with Crippen molar-refractivity contribution < 1.29 is 34.5 Å². The van der Waals surface area contributed by atoms with E-state index in [1.807, 2.05) is 60.7 Å². The van der Waals surface area contributed by atoms with Gasteiger partial charge in [-0.15, -0.1) is 0 Å². The van der Waals surface area contributed by atoms with Crippen molar-refractivity contribution in [1.82, 2.24) is 15.8 Å². The molecule has 0 fully saturated rings. The van der Waals surface area contributed by atoms with Gasteiger partial charge in [-0.05, 0) is 28.8 Å². The molecule has 5 N–H and O–H groups in total. The Morgan fingerprint density at radius 3 is 2.10 bits per heavy atom. The summed E-state index contributed by atoms with van der Waals surface area (Å²) in [6.07, 6.45) is 1.18. The number of pyridine rings is 1. The van der Waals surface area contributed by atoms with Crippen molar-refractivity contribution in [2.45, 2.75) is 26.4 Å². The van der Waals surface area contributed by atoms with E-state index < -0.39 is 18.4 Å². The first kappa shape index (κ1) is 27.1. The van der Waals surface area contributed by atoms with Crippen LogP contribution in [-0.2, 0) is 31.2 Å². The maximum absolute atomic E-state index is 13.0. The van der Waals surface area contributed by atoms with Crippen molar-refractivity contribution in [3.8, 4) is 17.2 Å². The fourth-order valence-electron chi connectivity index (χ4n) is 3.69. The van der Waals surface area contributed by atoms with Crippen molar-refractivity contribution >= 4 is 11.8 Å². The highest BCUT2D eigenvalue weighted by atomic mass is 16.6. The Morgan fingerprint density at radius 2 is 1.46 bits per heavy atom. The zero-order valence-corrected chi connectivity index (χ0v) is 20.8. The minimum Gasteiger partial charge on any atom is -0.504 e. The molecule has 0 aliphatic heterocycles. The monoisotopic (exact) mass is 529 g/mol. The predicted molar refractivity (Wildman–Crippen MR) is 141 cm³/mol. The number of nitrogens with one attached hydrogen (secondary N) is 2. The van der Waals surface area contributed by atoms with Gasteiger partial charge in [0.1, 0.15) is 6.61 Å². The zero-order chi connectivity index (χ0) is 27.6. The van der Waals surface area contributed by atoms with Gasteiger partial charge in [0.15, 0.2) is 22.9 Å². The first-order chi connectivity index (χ1) is 19.0. The van der Waals surface area contributed by atoms with E-state index in [4.69, 9.17) is 9.57 Å². The molecule has 1 aromatic heterocycles. The molecule has 4 rings (SSSR count). The van der Waals surface area contributed by atoms with E-state index in [0.29, 0.717) is 5.56 Å². The van der Waals surface area contributed by atoms with E-state index in [-0.39, 0.29) is 53.8 Å². The van der Waals surface area contributed by atoms with Gasteiger partial charge in [-0.3, -0.25) is 14.4 Å². The van der Waals surface area contributed by atoms with E-state index in [0.717, 1.165) is 11.1 Å². The Labute approximate surface area is 224 Å². The Kier molecular flexibility index (Phi) is 9.07. The number of nitrogens with zero attached hydrogens (tertiary/aromatic N) is 1. The molecule has 10 heteroatoms. The molecular weight excluding hydrogens is 502 g/mol. The van der Waals surface area contributed by atoms with Gasteiger partial charge in [-0.25, -0.2) is 10.5 Å². The molecule has 1 heterocycles. The molecule has 10 nitrogen and oxygen atoms in total. The van der Waals surface area contributed by atoms with Gasteiger partial charge >= 0.3 is 0 Å². The highest BCUT2D eigenvalue weighted by Gasteiger charge is 2.24. The topological polar surface area (TPSA) is 150 Å². The average Bonchev–Trinajstić information content (AvgIpc) is 2.97. The fourth-order valence-corrected chi connectivity index (χ4v) is 3.69. The molecule has 0 bridgehead atoms. The molecule has 0 aliphatic rings. The van der Waals surface area contributed by atoms with Crippen LogP contribution >= 0.6 is 0 Å². The van der Waals surface area contributed by atoms with Crippen LogP contribution in [0.25, 0.3) is 0 Å². The lowest BCUT2D eigenvalue weighted by molar-refractivity contribution is 0.0226. The molecule has 0 spiro atoms. The van der Waals surface area contributed by atoms with Crippen LogP contribution in [0.5, 0.6) is 17.2 Å². The number of phenolic OH excluding ortho intramolecular Hbond substituents is 2. The zero-order valence-electron chi connectivity index (χ0n) is 20.8. The number of rotatable bonds is 11. The molecule has 3 aromatic carbocycles. The second kappa shape index (κ2) is 13.0. The smallest absolute Gasteiger partial charge is 0.297 e. The minimum absolute atomic E-state index is 0.00492. The number of aliphatic hydroxyl groups is 1. The normalized spacial score (nSPS) is 10.6. The van der Waals surface area contributed by atoms with Gasteiger partial charge in [-0.1, -0.05) is 66.7 Å². The summed E-state index contributed by atoms with van der Waals surface area (Å²) >= 11 is 0. The largest absolute Gasteiger partial charge is 0.504 e. The highest BCUT2D eigenvalue weighted by molar-refractivity contribution is 5.99. The van der Waals surface area contributed by atoms with E-state index in [9.17, 15) is 24.9 Å². The van der Waals surface area contributed by atoms with Crippen LogP contribution in [0.4, 0.5) is 0 Å². The SMILES string of the molecule is O=C(NCc1ccc(O)c(O)c1)c1cnc(C(=O)NOCc2ccccc2)c(OCc2ccccc2)c1CO. The number of benzene rings is 3. The Morgan fingerprint density at radius 1 is 0.795 bits per heavy atom. The first-order valence-electron chi connectivity index (χ1n) is 12.0. The average molecular weight is 530 g/mol. The number of aromatic hydroxyl groups is 2. The second-order valence-electron chi connectivity index (χ2n) is 8.47. The third kappa shape index (κ3) is 7.10. The summed E-state index contributed by atoms with van der Waals surface area (Å²) in [6, 6.07) is 22.6. The van der Waals surface area contributed by atoms with Gasteiger partial charge in [-0.2, -0.15) is 0 Å². The summed E-state index contributed by atoms with van der Waals surface area (Å²) in [5.41, 5.74) is 4.42. The molecule has 0 saturated heterocycles. The summed E-state index contributed by atoms with van der Waals surface area (Å²) in [4.78, 5) is 35.5. The van der Waals surface area contributed by atoms with Crippen LogP contribution in [0.15, 0.2) is 85.1 Å². The number of amides is 2. The van der Waals surface area contributed by atoms with Crippen LogP contribution in [0.3, 0.4) is 0 Å². The van der Waals surface area contributed by atoms with E-state index in [2.05, 4.69) is 15.8 Å². The molecule has 2 amide bonds. The number of aliphatic hydroxyl groups excluding tert-OH is 1. The summed E-state index contributed by atoms with van der Waals surface area (Å²) in [7, 11) is 0. The Bertz CT molecular complexity index is 1430. The van der Waals surface area contributed by atoms with E-state index in [1.54, 1.807) is 0 Å². The number of carbonyl (C=O) groups is 2. The van der Waals surface area contributed by atoms with Crippen molar-refractivity contribution in [3.05, 3.63) is 119 Å². The molecule has 0 saturated carbocycles. The number of phenols is 2. The third-order valence-corrected chi connectivity index (χ3v) is 5.72. The van der Waals surface area contributed by atoms with Crippen LogP contribution in [0.1, 0.15) is 43.1 Å². The molecule has 0 atom stereocenters. The van der Waals surface area contributed by atoms with Crippen molar-refractivity contribution in [2.24, 2.45) is 0 Å². The highest BCUT2D eigenvalue weighted by Crippen LogP contribution is 2.28. The number of carbonyl (C=O) groups excluding carboxylic acids is 2. The number of aromatic nitrogens is 1.